The van der Waals surface area contributed by atoms with Crippen LogP contribution in [-0.2, 0) is 15.9 Å². The highest BCUT2D eigenvalue weighted by atomic mass is 19.1. The summed E-state index contributed by atoms with van der Waals surface area (Å²) in [6.45, 7) is 7.11. The quantitative estimate of drug-likeness (QED) is 0.699. The van der Waals surface area contributed by atoms with E-state index in [1.165, 1.54) is 6.07 Å². The third-order valence-electron chi connectivity index (χ3n) is 4.70. The zero-order chi connectivity index (χ0) is 21.4. The molecule has 2 aromatic carbocycles. The van der Waals surface area contributed by atoms with E-state index >= 15 is 0 Å². The first-order valence-corrected chi connectivity index (χ1v) is 9.24. The van der Waals surface area contributed by atoms with Crippen molar-refractivity contribution in [3.8, 4) is 6.07 Å². The van der Waals surface area contributed by atoms with Gasteiger partial charge in [0.15, 0.2) is 5.82 Å². The number of fused-ring (bicyclic) bond motifs is 1. The molecule has 0 unspecified atom stereocenters. The molecule has 3 aromatic rings. The Morgan fingerprint density at radius 1 is 1.21 bits per heavy atom. The van der Waals surface area contributed by atoms with Crippen molar-refractivity contribution in [2.24, 2.45) is 0 Å². The van der Waals surface area contributed by atoms with Gasteiger partial charge >= 0.3 is 0 Å². The van der Waals surface area contributed by atoms with Crippen molar-refractivity contribution in [1.82, 2.24) is 9.55 Å². The topological polar surface area (TPSA) is 90.9 Å². The Bertz CT molecular complexity index is 1110. The van der Waals surface area contributed by atoms with Crippen LogP contribution in [0.4, 0.5) is 10.3 Å². The summed E-state index contributed by atoms with van der Waals surface area (Å²) in [5, 5.41) is 22.6. The first-order chi connectivity index (χ1) is 13.5. The molecular weight excluding hydrogens is 371 g/mol. The Morgan fingerprint density at radius 3 is 2.45 bits per heavy atom. The fraction of sp³-hybridized carbons (Fsp3) is 0.318. The number of halogens is 1. The van der Waals surface area contributed by atoms with Gasteiger partial charge in [0.05, 0.1) is 23.1 Å². The molecule has 0 saturated heterocycles. The van der Waals surface area contributed by atoms with Gasteiger partial charge in [-0.2, -0.15) is 5.26 Å². The standard InChI is InChI=1S/C22H23FN4O2/c1-21(2,3)27-19-16(11-10-14(13-24)18(19)23)25-20(27)26-17(28)12-22(4,29)15-8-6-5-7-9-15/h5-11,29H,12H2,1-4H3,(H,25,26,28)/t22-/m0/s1. The number of imidazole rings is 1. The van der Waals surface area contributed by atoms with Crippen molar-refractivity contribution in [3.05, 3.63) is 59.4 Å². The van der Waals surface area contributed by atoms with Gasteiger partial charge in [-0.05, 0) is 45.4 Å². The molecule has 0 saturated carbocycles. The number of hydrogen-bond acceptors (Lipinski definition) is 4. The van der Waals surface area contributed by atoms with Crippen LogP contribution in [0.5, 0.6) is 0 Å². The molecule has 2 N–H and O–H groups in total. The summed E-state index contributed by atoms with van der Waals surface area (Å²) in [5.74, 6) is -0.972. The van der Waals surface area contributed by atoms with Crippen molar-refractivity contribution >= 4 is 22.9 Å². The van der Waals surface area contributed by atoms with E-state index in [2.05, 4.69) is 10.3 Å². The summed E-state index contributed by atoms with van der Waals surface area (Å²) < 4.78 is 16.4. The van der Waals surface area contributed by atoms with E-state index < -0.39 is 22.9 Å². The second-order valence-electron chi connectivity index (χ2n) is 8.21. The monoisotopic (exact) mass is 394 g/mol. The Morgan fingerprint density at radius 2 is 1.86 bits per heavy atom. The first-order valence-electron chi connectivity index (χ1n) is 9.24. The van der Waals surface area contributed by atoms with E-state index in [1.54, 1.807) is 41.8 Å². The van der Waals surface area contributed by atoms with Crippen LogP contribution in [0.2, 0.25) is 0 Å². The molecule has 1 atom stereocenters. The molecule has 3 rings (SSSR count). The lowest BCUT2D eigenvalue weighted by Crippen LogP contribution is -2.31. The van der Waals surface area contributed by atoms with Crippen molar-refractivity contribution in [2.75, 3.05) is 5.32 Å². The zero-order valence-corrected chi connectivity index (χ0v) is 16.8. The Hall–Kier alpha value is -3.24. The van der Waals surface area contributed by atoms with Gasteiger partial charge in [0, 0.05) is 5.54 Å². The normalized spacial score (nSPS) is 13.7. The van der Waals surface area contributed by atoms with Gasteiger partial charge in [-0.15, -0.1) is 0 Å². The molecule has 150 valence electrons. The predicted molar refractivity (Wildman–Crippen MR) is 109 cm³/mol. The van der Waals surface area contributed by atoms with Gasteiger partial charge in [0.1, 0.15) is 11.6 Å². The van der Waals surface area contributed by atoms with Gasteiger partial charge in [-0.1, -0.05) is 30.3 Å². The number of nitriles is 1. The van der Waals surface area contributed by atoms with E-state index in [-0.39, 0.29) is 23.4 Å². The minimum absolute atomic E-state index is 0.0900. The minimum Gasteiger partial charge on any atom is -0.385 e. The molecule has 1 heterocycles. The van der Waals surface area contributed by atoms with Crippen LogP contribution in [-0.4, -0.2) is 20.6 Å². The van der Waals surface area contributed by atoms with E-state index in [0.717, 1.165) is 0 Å². The maximum atomic E-state index is 14.9. The van der Waals surface area contributed by atoms with Gasteiger partial charge in [0.2, 0.25) is 11.9 Å². The lowest BCUT2D eigenvalue weighted by atomic mass is 9.92. The molecule has 0 spiro atoms. The number of aliphatic hydroxyl groups is 1. The molecule has 0 radical (unpaired) electrons. The number of rotatable bonds is 4. The minimum atomic E-state index is -1.37. The molecule has 0 aliphatic heterocycles. The maximum Gasteiger partial charge on any atom is 0.229 e. The third kappa shape index (κ3) is 3.98. The molecule has 7 heteroatoms. The first kappa shape index (κ1) is 20.5. The van der Waals surface area contributed by atoms with Crippen LogP contribution in [0, 0.1) is 17.1 Å². The fourth-order valence-electron chi connectivity index (χ4n) is 3.33. The summed E-state index contributed by atoms with van der Waals surface area (Å²) in [5.41, 5.74) is -0.975. The number of nitrogens with zero attached hydrogens (tertiary/aromatic N) is 3. The zero-order valence-electron chi connectivity index (χ0n) is 16.8. The number of aromatic nitrogens is 2. The largest absolute Gasteiger partial charge is 0.385 e. The summed E-state index contributed by atoms with van der Waals surface area (Å²) in [4.78, 5) is 17.1. The van der Waals surface area contributed by atoms with Gasteiger partial charge in [-0.25, -0.2) is 9.37 Å². The number of benzene rings is 2. The molecule has 0 aliphatic rings. The smallest absolute Gasteiger partial charge is 0.229 e. The molecule has 6 nitrogen and oxygen atoms in total. The van der Waals surface area contributed by atoms with Crippen molar-refractivity contribution in [1.29, 1.82) is 5.26 Å². The Balaban J connectivity index is 1.99. The lowest BCUT2D eigenvalue weighted by molar-refractivity contribution is -0.120. The number of nitrogens with one attached hydrogen (secondary N) is 1. The highest BCUT2D eigenvalue weighted by Crippen LogP contribution is 2.32. The van der Waals surface area contributed by atoms with Gasteiger partial charge < -0.3 is 9.67 Å². The van der Waals surface area contributed by atoms with Gasteiger partial charge in [-0.3, -0.25) is 10.1 Å². The fourth-order valence-corrected chi connectivity index (χ4v) is 3.33. The van der Waals surface area contributed by atoms with Gasteiger partial charge in [0.25, 0.3) is 0 Å². The molecule has 29 heavy (non-hydrogen) atoms. The third-order valence-corrected chi connectivity index (χ3v) is 4.70. The maximum absolute atomic E-state index is 14.9. The number of anilines is 1. The summed E-state index contributed by atoms with van der Waals surface area (Å²) >= 11 is 0. The van der Waals surface area contributed by atoms with E-state index in [4.69, 9.17) is 5.26 Å². The van der Waals surface area contributed by atoms with Crippen LogP contribution < -0.4 is 5.32 Å². The number of hydrogen-bond donors (Lipinski definition) is 2. The van der Waals surface area contributed by atoms with Crippen LogP contribution in [0.25, 0.3) is 11.0 Å². The summed E-state index contributed by atoms with van der Waals surface area (Å²) in [6, 6.07) is 13.6. The second kappa shape index (κ2) is 7.30. The molecule has 0 fully saturated rings. The molecule has 0 aliphatic carbocycles. The molecule has 0 bridgehead atoms. The lowest BCUT2D eigenvalue weighted by Gasteiger charge is -2.26. The average Bonchev–Trinajstić information content (AvgIpc) is 3.01. The highest BCUT2D eigenvalue weighted by molar-refractivity contribution is 5.92. The van der Waals surface area contributed by atoms with Crippen LogP contribution in [0.1, 0.15) is 45.2 Å². The average molecular weight is 394 g/mol. The highest BCUT2D eigenvalue weighted by Gasteiger charge is 2.29. The van der Waals surface area contributed by atoms with Crippen LogP contribution in [0.3, 0.4) is 0 Å². The van der Waals surface area contributed by atoms with E-state index in [1.807, 2.05) is 32.9 Å². The molecule has 1 amide bonds. The van der Waals surface area contributed by atoms with Crippen LogP contribution >= 0.6 is 0 Å². The number of carbonyl (C=O) groups excluding carboxylic acids is 1. The van der Waals surface area contributed by atoms with E-state index in [9.17, 15) is 14.3 Å². The predicted octanol–water partition coefficient (Wildman–Crippen LogP) is 4.04. The molecular formula is C22H23FN4O2. The van der Waals surface area contributed by atoms with Crippen LogP contribution in [0.15, 0.2) is 42.5 Å². The Labute approximate surface area is 168 Å². The van der Waals surface area contributed by atoms with Crippen molar-refractivity contribution in [3.63, 3.8) is 0 Å². The number of carbonyl (C=O) groups is 1. The molecule has 1 aromatic heterocycles. The SMILES string of the molecule is CC(C)(C)n1c(NC(=O)C[C@](C)(O)c2ccccc2)nc2ccc(C#N)c(F)c21. The van der Waals surface area contributed by atoms with Crippen molar-refractivity contribution < 1.29 is 14.3 Å². The van der Waals surface area contributed by atoms with Crippen molar-refractivity contribution in [2.45, 2.75) is 45.3 Å². The second-order valence-corrected chi connectivity index (χ2v) is 8.21. The van der Waals surface area contributed by atoms with E-state index in [0.29, 0.717) is 11.1 Å². The Kier molecular flexibility index (Phi) is 5.16. The summed E-state index contributed by atoms with van der Waals surface area (Å²) in [6.07, 6.45) is -0.198. The summed E-state index contributed by atoms with van der Waals surface area (Å²) in [7, 11) is 0. The number of amides is 1.